The van der Waals surface area contributed by atoms with Gasteiger partial charge in [-0.1, -0.05) is 6.07 Å². The van der Waals surface area contributed by atoms with Crippen LogP contribution in [0.15, 0.2) is 18.2 Å². The van der Waals surface area contributed by atoms with Crippen molar-refractivity contribution < 1.29 is 9.72 Å². The summed E-state index contributed by atoms with van der Waals surface area (Å²) in [6.07, 6.45) is 0.641. The van der Waals surface area contributed by atoms with Crippen molar-refractivity contribution in [3.63, 3.8) is 0 Å². The first-order valence-electron chi connectivity index (χ1n) is 5.63. The van der Waals surface area contributed by atoms with Crippen LogP contribution in [0, 0.1) is 10.1 Å². The number of nitro benzene ring substituents is 1. The lowest BCUT2D eigenvalue weighted by atomic mass is 10.0. The summed E-state index contributed by atoms with van der Waals surface area (Å²) in [4.78, 5) is 27.2. The molecule has 2 aromatic rings. The second-order valence-electron chi connectivity index (χ2n) is 4.41. The first kappa shape index (κ1) is 10.8. The zero-order valence-corrected chi connectivity index (χ0v) is 9.77. The molecule has 0 atom stereocenters. The highest BCUT2D eigenvalue weighted by Crippen LogP contribution is 2.33. The van der Waals surface area contributed by atoms with Gasteiger partial charge in [-0.25, -0.2) is 0 Å². The molecule has 0 saturated heterocycles. The smallest absolute Gasteiger partial charge is 0.279 e. The molecule has 18 heavy (non-hydrogen) atoms. The van der Waals surface area contributed by atoms with Crippen molar-refractivity contribution in [3.05, 3.63) is 39.6 Å². The molecular formula is C12H11N3O3. The van der Waals surface area contributed by atoms with E-state index in [1.165, 1.54) is 6.07 Å². The molecule has 6 nitrogen and oxygen atoms in total. The fourth-order valence-electron chi connectivity index (χ4n) is 2.45. The van der Waals surface area contributed by atoms with Crippen LogP contribution in [0.1, 0.15) is 16.1 Å². The number of hydrogen-bond donors (Lipinski definition) is 1. The maximum atomic E-state index is 12.0. The predicted octanol–water partition coefficient (Wildman–Crippen LogP) is 1.70. The number of carbonyl (C=O) groups is 1. The maximum Gasteiger partial charge on any atom is 0.279 e. The third-order valence-electron chi connectivity index (χ3n) is 3.36. The number of hydrogen-bond acceptors (Lipinski definition) is 3. The Kier molecular flexibility index (Phi) is 2.13. The molecule has 0 radical (unpaired) electrons. The van der Waals surface area contributed by atoms with E-state index in [9.17, 15) is 14.9 Å². The summed E-state index contributed by atoms with van der Waals surface area (Å²) in [5.41, 5.74) is 1.95. The molecule has 92 valence electrons. The van der Waals surface area contributed by atoms with E-state index in [2.05, 4.69) is 4.98 Å². The van der Waals surface area contributed by atoms with Crippen molar-refractivity contribution in [2.75, 3.05) is 13.6 Å². The molecule has 0 saturated carbocycles. The van der Waals surface area contributed by atoms with Gasteiger partial charge in [0.25, 0.3) is 11.6 Å². The molecule has 1 N–H and O–H groups in total. The van der Waals surface area contributed by atoms with Crippen molar-refractivity contribution in [1.82, 2.24) is 9.88 Å². The summed E-state index contributed by atoms with van der Waals surface area (Å²) in [5, 5.41) is 11.6. The fourth-order valence-corrected chi connectivity index (χ4v) is 2.45. The number of H-pyrrole nitrogens is 1. The fraction of sp³-hybridized carbons (Fsp3) is 0.250. The van der Waals surface area contributed by atoms with Crippen LogP contribution in [0.4, 0.5) is 5.69 Å². The highest BCUT2D eigenvalue weighted by molar-refractivity contribution is 6.04. The maximum absolute atomic E-state index is 12.0. The summed E-state index contributed by atoms with van der Waals surface area (Å²) in [7, 11) is 1.73. The first-order chi connectivity index (χ1) is 8.59. The number of carbonyl (C=O) groups excluding carboxylic acids is 1. The monoisotopic (exact) mass is 245 g/mol. The van der Waals surface area contributed by atoms with Crippen molar-refractivity contribution >= 4 is 22.5 Å². The molecule has 2 heterocycles. The van der Waals surface area contributed by atoms with Gasteiger partial charge in [0.1, 0.15) is 5.69 Å². The van der Waals surface area contributed by atoms with Crippen molar-refractivity contribution in [1.29, 1.82) is 0 Å². The van der Waals surface area contributed by atoms with Crippen LogP contribution in [0.3, 0.4) is 0 Å². The zero-order valence-electron chi connectivity index (χ0n) is 9.77. The molecule has 1 aromatic heterocycles. The van der Waals surface area contributed by atoms with E-state index >= 15 is 0 Å². The summed E-state index contributed by atoms with van der Waals surface area (Å²) in [6, 6.07) is 4.85. The van der Waals surface area contributed by atoms with E-state index in [1.807, 2.05) is 0 Å². The summed E-state index contributed by atoms with van der Waals surface area (Å²) >= 11 is 0. The van der Waals surface area contributed by atoms with Gasteiger partial charge in [-0.05, 0) is 18.1 Å². The molecule has 1 aliphatic heterocycles. The van der Waals surface area contributed by atoms with Crippen LogP contribution in [0.25, 0.3) is 10.9 Å². The number of aromatic amines is 1. The lowest BCUT2D eigenvalue weighted by Crippen LogP contribution is -2.33. The average molecular weight is 245 g/mol. The van der Waals surface area contributed by atoms with Crippen molar-refractivity contribution in [3.8, 4) is 0 Å². The van der Waals surface area contributed by atoms with E-state index in [0.29, 0.717) is 29.6 Å². The van der Waals surface area contributed by atoms with Crippen LogP contribution in [0.2, 0.25) is 0 Å². The number of nitrogens with one attached hydrogen (secondary N) is 1. The van der Waals surface area contributed by atoms with E-state index in [0.717, 1.165) is 5.56 Å². The van der Waals surface area contributed by atoms with Gasteiger partial charge < -0.3 is 9.88 Å². The Morgan fingerprint density at radius 2 is 2.22 bits per heavy atom. The lowest BCUT2D eigenvalue weighted by molar-refractivity contribution is -0.383. The molecule has 1 amide bonds. The number of rotatable bonds is 1. The van der Waals surface area contributed by atoms with E-state index in [4.69, 9.17) is 0 Å². The van der Waals surface area contributed by atoms with Gasteiger partial charge in [0, 0.05) is 19.7 Å². The Balaban J connectivity index is 2.35. The molecule has 0 aliphatic carbocycles. The Morgan fingerprint density at radius 3 is 2.94 bits per heavy atom. The number of nitro groups is 1. The predicted molar refractivity (Wildman–Crippen MR) is 65.6 cm³/mol. The molecule has 0 bridgehead atoms. The van der Waals surface area contributed by atoms with Crippen LogP contribution in [-0.2, 0) is 6.42 Å². The molecule has 1 aliphatic rings. The average Bonchev–Trinajstić information content (AvgIpc) is 2.73. The van der Waals surface area contributed by atoms with Gasteiger partial charge in [-0.3, -0.25) is 14.9 Å². The first-order valence-corrected chi connectivity index (χ1v) is 5.63. The Morgan fingerprint density at radius 1 is 1.44 bits per heavy atom. The van der Waals surface area contributed by atoms with Gasteiger partial charge in [-0.2, -0.15) is 0 Å². The van der Waals surface area contributed by atoms with Gasteiger partial charge in [0.05, 0.1) is 15.8 Å². The SMILES string of the molecule is CN1CCc2c([nH]c3cccc([N+](=O)[O-])c23)C1=O. The van der Waals surface area contributed by atoms with E-state index in [-0.39, 0.29) is 11.6 Å². The zero-order chi connectivity index (χ0) is 12.9. The molecule has 0 fully saturated rings. The topological polar surface area (TPSA) is 79.2 Å². The second-order valence-corrected chi connectivity index (χ2v) is 4.41. The van der Waals surface area contributed by atoms with Gasteiger partial charge in [-0.15, -0.1) is 0 Å². The molecule has 6 heteroatoms. The second kappa shape index (κ2) is 3.56. The third-order valence-corrected chi connectivity index (χ3v) is 3.36. The minimum absolute atomic E-state index is 0.0577. The number of aromatic nitrogens is 1. The summed E-state index contributed by atoms with van der Waals surface area (Å²) in [6.45, 7) is 0.588. The third kappa shape index (κ3) is 1.32. The molecule has 3 rings (SSSR count). The van der Waals surface area contributed by atoms with Crippen molar-refractivity contribution in [2.45, 2.75) is 6.42 Å². The molecule has 1 aromatic carbocycles. The van der Waals surface area contributed by atoms with E-state index in [1.54, 1.807) is 24.1 Å². The largest absolute Gasteiger partial charge is 0.350 e. The minimum atomic E-state index is -0.404. The highest BCUT2D eigenvalue weighted by atomic mass is 16.6. The number of benzene rings is 1. The quantitative estimate of drug-likeness (QED) is 0.613. The lowest BCUT2D eigenvalue weighted by Gasteiger charge is -2.22. The number of amides is 1. The van der Waals surface area contributed by atoms with Crippen molar-refractivity contribution in [2.24, 2.45) is 0 Å². The molecular weight excluding hydrogens is 234 g/mol. The van der Waals surface area contributed by atoms with Gasteiger partial charge >= 0.3 is 0 Å². The van der Waals surface area contributed by atoms with Crippen LogP contribution in [-0.4, -0.2) is 34.3 Å². The van der Waals surface area contributed by atoms with Gasteiger partial charge in [0.15, 0.2) is 0 Å². The molecule has 0 spiro atoms. The standard InChI is InChI=1S/C12H11N3O3/c1-14-6-5-7-10-8(13-11(7)12(14)16)3-2-4-9(10)15(17)18/h2-4,13H,5-6H2,1H3. The number of nitrogens with zero attached hydrogens (tertiary/aromatic N) is 2. The van der Waals surface area contributed by atoms with Crippen LogP contribution >= 0.6 is 0 Å². The number of non-ortho nitro benzene ring substituents is 1. The summed E-state index contributed by atoms with van der Waals surface area (Å²) < 4.78 is 0. The summed E-state index contributed by atoms with van der Waals surface area (Å²) in [5.74, 6) is -0.109. The van der Waals surface area contributed by atoms with Gasteiger partial charge in [0.2, 0.25) is 0 Å². The number of likely N-dealkylation sites (N-methyl/N-ethyl adjacent to an activating group) is 1. The minimum Gasteiger partial charge on any atom is -0.350 e. The Labute approximate surface area is 102 Å². The number of fused-ring (bicyclic) bond motifs is 3. The van der Waals surface area contributed by atoms with E-state index < -0.39 is 4.92 Å². The van der Waals surface area contributed by atoms with Crippen LogP contribution < -0.4 is 0 Å². The normalized spacial score (nSPS) is 14.9. The Bertz CT molecular complexity index is 675. The van der Waals surface area contributed by atoms with Crippen LogP contribution in [0.5, 0.6) is 0 Å². The highest BCUT2D eigenvalue weighted by Gasteiger charge is 2.28. The Hall–Kier alpha value is -2.37. The molecule has 0 unspecified atom stereocenters.